The van der Waals surface area contributed by atoms with Crippen molar-refractivity contribution in [3.8, 4) is 0 Å². The first-order valence-electron chi connectivity index (χ1n) is 7.07. The Balaban J connectivity index is -0.000000478. The Kier molecular flexibility index (Phi) is 21.2. The third kappa shape index (κ3) is 11.8. The van der Waals surface area contributed by atoms with E-state index >= 15 is 0 Å². The molecule has 120 valence electrons. The van der Waals surface area contributed by atoms with Crippen LogP contribution >= 0.6 is 11.6 Å². The van der Waals surface area contributed by atoms with Gasteiger partial charge in [0.05, 0.1) is 6.20 Å². The van der Waals surface area contributed by atoms with E-state index < -0.39 is 5.82 Å². The normalized spacial score (nSPS) is 8.67. The minimum atomic E-state index is -0.587. The van der Waals surface area contributed by atoms with E-state index in [4.69, 9.17) is 11.6 Å². The fraction of sp³-hybridized carbons (Fsp3) is 0.375. The highest BCUT2D eigenvalue weighted by Crippen LogP contribution is 2.14. The molecule has 0 bridgehead atoms. The number of hydrogen-bond donors (Lipinski definition) is 1. The molecule has 0 aliphatic carbocycles. The van der Waals surface area contributed by atoms with E-state index in [-0.39, 0.29) is 11.1 Å². The van der Waals surface area contributed by atoms with Crippen molar-refractivity contribution < 1.29 is 4.39 Å². The number of rotatable bonds is 4. The van der Waals surface area contributed by atoms with Crippen molar-refractivity contribution in [1.29, 1.82) is 0 Å². The Morgan fingerprint density at radius 1 is 1.19 bits per heavy atom. The second-order valence-corrected chi connectivity index (χ2v) is 2.86. The highest BCUT2D eigenvalue weighted by Gasteiger charge is 2.05. The minimum Gasteiger partial charge on any atom is -0.338 e. The molecule has 0 saturated heterocycles. The van der Waals surface area contributed by atoms with Gasteiger partial charge in [-0.1, -0.05) is 60.8 Å². The second kappa shape index (κ2) is 18.3. The van der Waals surface area contributed by atoms with Crippen LogP contribution in [0.2, 0.25) is 5.28 Å². The fourth-order valence-corrected chi connectivity index (χ4v) is 0.991. The van der Waals surface area contributed by atoms with Crippen LogP contribution in [0.1, 0.15) is 41.5 Å². The van der Waals surface area contributed by atoms with Crippen LogP contribution in [-0.4, -0.2) is 9.97 Å². The quantitative estimate of drug-likeness (QED) is 0.545. The monoisotopic (exact) mass is 315 g/mol. The number of aromatic nitrogens is 2. The molecule has 5 heteroatoms. The van der Waals surface area contributed by atoms with E-state index in [2.05, 4.69) is 28.4 Å². The standard InChI is InChI=1S/C10H9ClFN3.3C2H6/c1-3-5-7(4-2)14-9-8(12)6-13-10(11)15-9;3*1-2/h3-6H,1-2H2,(H,13,14,15);3*1-2H3/b7-5+;;;. The van der Waals surface area contributed by atoms with E-state index in [0.29, 0.717) is 5.70 Å². The molecular formula is C16H27ClFN3. The van der Waals surface area contributed by atoms with Gasteiger partial charge >= 0.3 is 0 Å². The van der Waals surface area contributed by atoms with Gasteiger partial charge in [-0.15, -0.1) is 0 Å². The van der Waals surface area contributed by atoms with Crippen molar-refractivity contribution in [1.82, 2.24) is 9.97 Å². The predicted molar refractivity (Wildman–Crippen MR) is 93.1 cm³/mol. The molecule has 0 aliphatic heterocycles. The summed E-state index contributed by atoms with van der Waals surface area (Å²) in [6.07, 6.45) is 5.68. The van der Waals surface area contributed by atoms with Gasteiger partial charge in [-0.05, 0) is 23.8 Å². The van der Waals surface area contributed by atoms with Gasteiger partial charge in [0.1, 0.15) is 0 Å². The number of nitrogens with zero attached hydrogens (tertiary/aromatic N) is 2. The smallest absolute Gasteiger partial charge is 0.224 e. The van der Waals surface area contributed by atoms with E-state index in [1.54, 1.807) is 12.2 Å². The first kappa shape index (κ1) is 24.3. The van der Waals surface area contributed by atoms with Crippen LogP contribution in [0.25, 0.3) is 0 Å². The molecule has 21 heavy (non-hydrogen) atoms. The van der Waals surface area contributed by atoms with Crippen LogP contribution in [0.3, 0.4) is 0 Å². The van der Waals surface area contributed by atoms with Gasteiger partial charge in [0, 0.05) is 5.70 Å². The molecule has 1 rings (SSSR count). The van der Waals surface area contributed by atoms with Crippen molar-refractivity contribution in [3.63, 3.8) is 0 Å². The largest absolute Gasteiger partial charge is 0.338 e. The van der Waals surface area contributed by atoms with Crippen molar-refractivity contribution in [2.75, 3.05) is 5.32 Å². The summed E-state index contributed by atoms with van der Waals surface area (Å²) in [5.74, 6) is -0.584. The molecule has 0 unspecified atom stereocenters. The molecule has 1 aromatic heterocycles. The Morgan fingerprint density at radius 2 is 1.71 bits per heavy atom. The molecular weight excluding hydrogens is 289 g/mol. The fourth-order valence-electron chi connectivity index (χ4n) is 0.858. The van der Waals surface area contributed by atoms with Gasteiger partial charge in [0.2, 0.25) is 5.28 Å². The van der Waals surface area contributed by atoms with Crippen molar-refractivity contribution in [3.05, 3.63) is 54.4 Å². The van der Waals surface area contributed by atoms with Gasteiger partial charge < -0.3 is 5.32 Å². The maximum absolute atomic E-state index is 13.2. The molecule has 0 fully saturated rings. The molecule has 0 amide bonds. The van der Waals surface area contributed by atoms with Crippen LogP contribution < -0.4 is 5.32 Å². The SMILES string of the molecule is C=C/C=C(\C=C)Nc1nc(Cl)ncc1F.CC.CC.CC. The van der Waals surface area contributed by atoms with E-state index in [0.717, 1.165) is 6.20 Å². The van der Waals surface area contributed by atoms with Crippen LogP contribution in [0, 0.1) is 5.82 Å². The zero-order valence-corrected chi connectivity index (χ0v) is 14.6. The summed E-state index contributed by atoms with van der Waals surface area (Å²) in [7, 11) is 0. The first-order valence-corrected chi connectivity index (χ1v) is 7.45. The van der Waals surface area contributed by atoms with Gasteiger partial charge in [0.15, 0.2) is 11.6 Å². The molecule has 1 N–H and O–H groups in total. The first-order chi connectivity index (χ1) is 10.2. The summed E-state index contributed by atoms with van der Waals surface area (Å²) in [4.78, 5) is 7.18. The summed E-state index contributed by atoms with van der Waals surface area (Å²) in [6.45, 7) is 19.1. The third-order valence-corrected chi connectivity index (χ3v) is 1.68. The number of halogens is 2. The van der Waals surface area contributed by atoms with Crippen LogP contribution in [-0.2, 0) is 0 Å². The highest BCUT2D eigenvalue weighted by atomic mass is 35.5. The molecule has 0 spiro atoms. The molecule has 0 aromatic carbocycles. The molecule has 0 aliphatic rings. The summed E-state index contributed by atoms with van der Waals surface area (Å²) in [5, 5.41) is 2.67. The zero-order valence-electron chi connectivity index (χ0n) is 13.9. The number of allylic oxidation sites excluding steroid dienone is 3. The minimum absolute atomic E-state index is 0.00278. The summed E-state index contributed by atoms with van der Waals surface area (Å²) >= 11 is 5.53. The van der Waals surface area contributed by atoms with E-state index in [1.807, 2.05) is 41.5 Å². The van der Waals surface area contributed by atoms with Gasteiger partial charge in [0.25, 0.3) is 0 Å². The Labute approximate surface area is 133 Å². The molecule has 0 saturated carbocycles. The number of hydrogen-bond acceptors (Lipinski definition) is 3. The van der Waals surface area contributed by atoms with E-state index in [9.17, 15) is 4.39 Å². The van der Waals surface area contributed by atoms with Crippen molar-refractivity contribution in [2.45, 2.75) is 41.5 Å². The molecule has 0 atom stereocenters. The lowest BCUT2D eigenvalue weighted by Crippen LogP contribution is -2.02. The lowest BCUT2D eigenvalue weighted by atomic mass is 10.3. The second-order valence-electron chi connectivity index (χ2n) is 2.52. The Hall–Kier alpha value is -1.68. The Bertz CT molecular complexity index is 418. The maximum atomic E-state index is 13.2. The van der Waals surface area contributed by atoms with Gasteiger partial charge in [-0.2, -0.15) is 4.98 Å². The molecule has 1 heterocycles. The highest BCUT2D eigenvalue weighted by molar-refractivity contribution is 6.28. The average Bonchev–Trinajstić information content (AvgIpc) is 2.56. The average molecular weight is 316 g/mol. The van der Waals surface area contributed by atoms with Gasteiger partial charge in [-0.3, -0.25) is 0 Å². The predicted octanol–water partition coefficient (Wildman–Crippen LogP) is 6.02. The Morgan fingerprint density at radius 3 is 2.14 bits per heavy atom. The number of anilines is 1. The molecule has 1 aromatic rings. The molecule has 3 nitrogen and oxygen atoms in total. The molecule has 0 radical (unpaired) electrons. The summed E-state index contributed by atoms with van der Waals surface area (Å²) in [6, 6.07) is 0. The number of nitrogens with one attached hydrogen (secondary N) is 1. The summed E-state index contributed by atoms with van der Waals surface area (Å²) in [5.41, 5.74) is 0.568. The zero-order chi connectivity index (χ0) is 17.3. The van der Waals surface area contributed by atoms with Gasteiger partial charge in [-0.25, -0.2) is 9.37 Å². The van der Waals surface area contributed by atoms with Crippen molar-refractivity contribution >= 4 is 17.4 Å². The third-order valence-electron chi connectivity index (χ3n) is 1.49. The lowest BCUT2D eigenvalue weighted by Gasteiger charge is -2.06. The van der Waals surface area contributed by atoms with Crippen molar-refractivity contribution in [2.24, 2.45) is 0 Å². The van der Waals surface area contributed by atoms with E-state index in [1.165, 1.54) is 6.08 Å². The van der Waals surface area contributed by atoms with Crippen LogP contribution in [0.15, 0.2) is 43.3 Å². The maximum Gasteiger partial charge on any atom is 0.224 e. The van der Waals surface area contributed by atoms with Crippen LogP contribution in [0.5, 0.6) is 0 Å². The lowest BCUT2D eigenvalue weighted by molar-refractivity contribution is 0.618. The topological polar surface area (TPSA) is 37.8 Å². The van der Waals surface area contributed by atoms with Crippen LogP contribution in [0.4, 0.5) is 10.2 Å². The summed E-state index contributed by atoms with van der Waals surface area (Å²) < 4.78 is 13.2.